The fourth-order valence-corrected chi connectivity index (χ4v) is 15.9. The number of benzene rings is 4. The van der Waals surface area contributed by atoms with Crippen LogP contribution >= 0.6 is 23.5 Å². The smallest absolute Gasteiger partial charge is 0.271 e. The summed E-state index contributed by atoms with van der Waals surface area (Å²) in [6.45, 7) is 3.37. The Hall–Kier alpha value is -9.02. The summed E-state index contributed by atoms with van der Waals surface area (Å²) in [6, 6.07) is 13.9. The van der Waals surface area contributed by atoms with Crippen LogP contribution in [-0.4, -0.2) is 181 Å². The van der Waals surface area contributed by atoms with Crippen molar-refractivity contribution in [2.75, 3.05) is 44.2 Å². The van der Waals surface area contributed by atoms with Crippen molar-refractivity contribution < 1.29 is 61.8 Å². The highest BCUT2D eigenvalue weighted by molar-refractivity contribution is 7.98. The van der Waals surface area contributed by atoms with Crippen LogP contribution in [0, 0.1) is 17.6 Å². The number of phenolic OH excluding ortho intramolecular Hbond substituents is 1. The third kappa shape index (κ3) is 14.4. The van der Waals surface area contributed by atoms with E-state index in [4.69, 9.17) is 5.73 Å². The normalized spacial score (nSPS) is 25.5. The Kier molecular flexibility index (Phi) is 21.0. The zero-order valence-electron chi connectivity index (χ0n) is 53.2. The minimum atomic E-state index is -1.69. The number of nitrogens with one attached hydrogen (secondary N) is 9. The van der Waals surface area contributed by atoms with Crippen molar-refractivity contribution in [1.29, 1.82) is 0 Å². The van der Waals surface area contributed by atoms with Crippen molar-refractivity contribution in [2.24, 2.45) is 11.7 Å². The van der Waals surface area contributed by atoms with E-state index in [9.17, 15) is 42.7 Å². The van der Waals surface area contributed by atoms with Gasteiger partial charge in [-0.3, -0.25) is 47.9 Å². The molecule has 1 spiro atoms. The maximum absolute atomic E-state index is 15.4. The van der Waals surface area contributed by atoms with Crippen LogP contribution in [-0.2, 0) is 78.7 Å². The van der Waals surface area contributed by atoms with E-state index in [-0.39, 0.29) is 87.9 Å². The standard InChI is InChI=1S/C68H79F2N13O11S2/c1-38(2)25-52-60(88)78-54(27-39-11-15-46(84)16-12-39)64(92)82-22-23-83-66(94)67(68(82,83)65(93)80-67)37-96-36-41-8-5-7-40(26-41)35-95-24-19-57(85)75-51(9-3-4-20-71)59(87)74-34-58(86)76-53(28-42-32-72-49-17-13-44(69)30-47(42)49)61(89)79-55(63(91)81-21-6-10-56(81)62(90)77-52)29-43-33-73-50-18-14-45(70)31-48(43)50/h5,7-8,11-18,26,30-33,38,51-56,72-73,84H,3-4,6,9-10,19-25,27-29,34-37,71H2,1-2H3,(H,74,87)(H,75,85)(H,76,86)(H,77,90)(H,78,88)(H,79,89)(H,80,93)/t51-,52-,53-,54-,55-,56-,67?,68?/m0/s1. The number of aromatic hydroxyl groups is 1. The molecule has 10 amide bonds. The van der Waals surface area contributed by atoms with Crippen LogP contribution in [0.2, 0.25) is 0 Å². The summed E-state index contributed by atoms with van der Waals surface area (Å²) in [7, 11) is 0. The Morgan fingerprint density at radius 3 is 1.91 bits per heavy atom. The van der Waals surface area contributed by atoms with Gasteiger partial charge in [0.1, 0.15) is 53.6 Å². The minimum absolute atomic E-state index is 0.0152. The first kappa shape index (κ1) is 68.4. The third-order valence-electron chi connectivity index (χ3n) is 18.5. The first-order chi connectivity index (χ1) is 46.2. The SMILES string of the molecule is CC(C)C[C@@H]1NC(=O)[C@@H]2CCCN2C(=O)[C@H](Cc2c[nH]c3ccc(F)cc23)NC(=O)[C@H](Cc2c[nH]c3ccc(F)cc23)NC(=O)CNC(=O)[C@H](CCCCN)NC(=O)CCSCc2cccc(c2)CSCC23NC(=O)C24N(CCN4C3=O)C(=O)[C@H](Cc2ccc(O)cc2)NC1=O. The molecule has 2 aromatic heterocycles. The zero-order valence-corrected chi connectivity index (χ0v) is 54.9. The average molecular weight is 1360 g/mol. The van der Waals surface area contributed by atoms with Crippen LogP contribution in [0.4, 0.5) is 8.78 Å². The van der Waals surface area contributed by atoms with E-state index in [2.05, 4.69) is 47.2 Å². The van der Waals surface area contributed by atoms with Gasteiger partial charge in [0, 0.05) is 103 Å². The van der Waals surface area contributed by atoms with Gasteiger partial charge < -0.3 is 72.7 Å². The number of phenols is 1. The summed E-state index contributed by atoms with van der Waals surface area (Å²) in [4.78, 5) is 156. The third-order valence-corrected chi connectivity index (χ3v) is 20.7. The predicted octanol–water partition coefficient (Wildman–Crippen LogP) is 3.19. The summed E-state index contributed by atoms with van der Waals surface area (Å²) in [5.41, 5.74) is 6.87. The molecule has 0 saturated carbocycles. The Balaban J connectivity index is 0.916. The molecule has 28 heteroatoms. The largest absolute Gasteiger partial charge is 0.508 e. The number of piperazine rings is 1. The number of aromatic nitrogens is 2. The maximum atomic E-state index is 15.4. The van der Waals surface area contributed by atoms with Crippen LogP contribution in [0.25, 0.3) is 21.8 Å². The number of nitrogens with two attached hydrogens (primary N) is 1. The number of carbonyl (C=O) groups excluding carboxylic acids is 10. The molecule has 12 N–H and O–H groups in total. The molecule has 4 aromatic carbocycles. The molecule has 24 nitrogen and oxygen atoms in total. The average Bonchev–Trinajstić information content (AvgIpc) is 1.32. The van der Waals surface area contributed by atoms with Gasteiger partial charge in [0.15, 0.2) is 5.54 Å². The Morgan fingerprint density at radius 1 is 0.635 bits per heavy atom. The fourth-order valence-electron chi connectivity index (χ4n) is 13.8. The summed E-state index contributed by atoms with van der Waals surface area (Å²) < 4.78 is 29.8. The molecular weight excluding hydrogens is 1280 g/mol. The number of thioether (sulfide) groups is 2. The van der Waals surface area contributed by atoms with Crippen LogP contribution in [0.1, 0.15) is 86.6 Å². The molecule has 5 aliphatic rings. The molecule has 0 radical (unpaired) electrons. The van der Waals surface area contributed by atoms with Gasteiger partial charge in [-0.25, -0.2) is 8.78 Å². The van der Waals surface area contributed by atoms with Gasteiger partial charge in [0.25, 0.3) is 11.8 Å². The Morgan fingerprint density at radius 2 is 1.25 bits per heavy atom. The number of amides is 10. The van der Waals surface area contributed by atoms with Crippen molar-refractivity contribution in [2.45, 2.75) is 137 Å². The lowest BCUT2D eigenvalue weighted by atomic mass is 9.66. The molecule has 0 aliphatic carbocycles. The summed E-state index contributed by atoms with van der Waals surface area (Å²) >= 11 is 2.90. The number of rotatable bonds is 12. The van der Waals surface area contributed by atoms with Crippen LogP contribution in [0.15, 0.2) is 97.3 Å². The highest BCUT2D eigenvalue weighted by atomic mass is 32.2. The van der Waals surface area contributed by atoms with Crippen LogP contribution in [0.5, 0.6) is 5.75 Å². The second-order valence-electron chi connectivity index (χ2n) is 25.6. The first-order valence-electron chi connectivity index (χ1n) is 32.4. The van der Waals surface area contributed by atoms with Gasteiger partial charge >= 0.3 is 0 Å². The number of hydrogen-bond donors (Lipinski definition) is 11. The van der Waals surface area contributed by atoms with Crippen LogP contribution in [0.3, 0.4) is 0 Å². The van der Waals surface area contributed by atoms with Crippen LogP contribution < -0.4 is 43.0 Å². The first-order valence-corrected chi connectivity index (χ1v) is 34.7. The molecular formula is C68H79F2N13O11S2. The van der Waals surface area contributed by atoms with E-state index in [0.29, 0.717) is 81.6 Å². The maximum Gasteiger partial charge on any atom is 0.271 e. The number of halogens is 2. The highest BCUT2D eigenvalue weighted by Crippen LogP contribution is 2.55. The van der Waals surface area contributed by atoms with E-state index in [1.807, 2.05) is 38.1 Å². The number of carbonyl (C=O) groups is 10. The quantitative estimate of drug-likeness (QED) is 0.0620. The number of nitrogens with zero attached hydrogens (tertiary/aromatic N) is 3. The van der Waals surface area contributed by atoms with E-state index in [1.165, 1.54) is 86.8 Å². The summed E-state index contributed by atoms with van der Waals surface area (Å²) in [5, 5.41) is 30.6. The van der Waals surface area contributed by atoms with Crippen molar-refractivity contribution in [1.82, 2.24) is 61.9 Å². The highest BCUT2D eigenvalue weighted by Gasteiger charge is 2.87. The molecule has 5 aliphatic heterocycles. The molecule has 8 atom stereocenters. The monoisotopic (exact) mass is 1360 g/mol. The van der Waals surface area contributed by atoms with E-state index in [0.717, 1.165) is 11.1 Å². The molecule has 7 heterocycles. The molecule has 2 bridgehead atoms. The number of hydrogen-bond acceptors (Lipinski definition) is 14. The molecule has 6 aromatic rings. The lowest BCUT2D eigenvalue weighted by molar-refractivity contribution is -0.219. The molecule has 11 rings (SSSR count). The van der Waals surface area contributed by atoms with Crippen molar-refractivity contribution in [3.05, 3.63) is 137 Å². The molecule has 2 unspecified atom stereocenters. The van der Waals surface area contributed by atoms with Gasteiger partial charge in [-0.05, 0) is 127 Å². The van der Waals surface area contributed by atoms with Crippen molar-refractivity contribution in [3.8, 4) is 5.75 Å². The van der Waals surface area contributed by atoms with Crippen molar-refractivity contribution >= 4 is 104 Å². The lowest BCUT2D eigenvalue weighted by Crippen LogP contribution is -3.02. The summed E-state index contributed by atoms with van der Waals surface area (Å²) in [6.07, 6.45) is 4.20. The van der Waals surface area contributed by atoms with E-state index >= 15 is 19.2 Å². The predicted molar refractivity (Wildman–Crippen MR) is 356 cm³/mol. The zero-order chi connectivity index (χ0) is 68.0. The van der Waals surface area contributed by atoms with Gasteiger partial charge in [0.2, 0.25) is 52.9 Å². The van der Waals surface area contributed by atoms with E-state index < -0.39 is 119 Å². The Labute approximate surface area is 560 Å². The summed E-state index contributed by atoms with van der Waals surface area (Å²) in [5.74, 6) is -6.59. The molecule has 4 fully saturated rings. The van der Waals surface area contributed by atoms with Gasteiger partial charge in [-0.1, -0.05) is 50.2 Å². The van der Waals surface area contributed by atoms with E-state index in [1.54, 1.807) is 24.5 Å². The number of unbranched alkanes of at least 4 members (excludes halogenated alkanes) is 1. The number of aromatic amines is 2. The topological polar surface area (TPSA) is 342 Å². The van der Waals surface area contributed by atoms with Crippen molar-refractivity contribution in [3.63, 3.8) is 0 Å². The van der Waals surface area contributed by atoms with Gasteiger partial charge in [0.05, 0.1) is 6.54 Å². The second kappa shape index (κ2) is 29.5. The molecule has 96 heavy (non-hydrogen) atoms. The Bertz CT molecular complexity index is 3980. The van der Waals surface area contributed by atoms with Gasteiger partial charge in [-0.15, -0.1) is 0 Å². The molecule has 4 saturated heterocycles. The number of fused-ring (bicyclic) bond motifs is 5. The van der Waals surface area contributed by atoms with Gasteiger partial charge in [-0.2, -0.15) is 23.5 Å². The minimum Gasteiger partial charge on any atom is -0.508 e. The second-order valence-corrected chi connectivity index (χ2v) is 27.7. The number of H-pyrrole nitrogens is 2. The number of β-lactam (4-membered cyclic amide) rings is 2. The lowest BCUT2D eigenvalue weighted by Gasteiger charge is -2.69. The molecule has 508 valence electrons. The fraction of sp³-hybridized carbons (Fsp3) is 0.441.